The van der Waals surface area contributed by atoms with Crippen LogP contribution in [0.1, 0.15) is 16.7 Å². The minimum atomic E-state index is -0.192. The third-order valence-corrected chi connectivity index (χ3v) is 7.45. The van der Waals surface area contributed by atoms with Gasteiger partial charge in [-0.15, -0.1) is 0 Å². The van der Waals surface area contributed by atoms with Crippen LogP contribution >= 0.6 is 51.5 Å². The molecule has 8 heteroatoms. The Morgan fingerprint density at radius 1 is 1.12 bits per heavy atom. The van der Waals surface area contributed by atoms with E-state index in [1.54, 1.807) is 31.4 Å². The van der Waals surface area contributed by atoms with Gasteiger partial charge in [0.1, 0.15) is 6.61 Å². The molecule has 0 spiro atoms. The number of anilines is 1. The molecule has 0 aromatic heterocycles. The molecule has 33 heavy (non-hydrogen) atoms. The van der Waals surface area contributed by atoms with Crippen molar-refractivity contribution in [1.29, 1.82) is 0 Å². The van der Waals surface area contributed by atoms with Crippen molar-refractivity contribution in [3.63, 3.8) is 0 Å². The van der Waals surface area contributed by atoms with Gasteiger partial charge in [-0.3, -0.25) is 9.69 Å². The van der Waals surface area contributed by atoms with Crippen molar-refractivity contribution in [2.24, 2.45) is 0 Å². The highest BCUT2D eigenvalue weighted by molar-refractivity contribution is 9.10. The SMILES string of the molecule is COc1cc(/C=C2/SC(=S)N(c3ccc(Br)c(Cl)c3)C2=O)ccc1OCc1cccc(C)c1. The quantitative estimate of drug-likeness (QED) is 0.232. The number of thioether (sulfide) groups is 1. The number of nitrogens with zero attached hydrogens (tertiary/aromatic N) is 1. The lowest BCUT2D eigenvalue weighted by atomic mass is 10.1. The number of aryl methyl sites for hydroxylation is 1. The molecule has 0 bridgehead atoms. The van der Waals surface area contributed by atoms with Crippen molar-refractivity contribution in [2.75, 3.05) is 12.0 Å². The summed E-state index contributed by atoms with van der Waals surface area (Å²) in [4.78, 5) is 15.1. The summed E-state index contributed by atoms with van der Waals surface area (Å²) in [6, 6.07) is 19.0. The van der Waals surface area contributed by atoms with Gasteiger partial charge in [-0.25, -0.2) is 0 Å². The first kappa shape index (κ1) is 23.8. The zero-order valence-electron chi connectivity index (χ0n) is 17.8. The van der Waals surface area contributed by atoms with Crippen molar-refractivity contribution in [1.82, 2.24) is 0 Å². The van der Waals surface area contributed by atoms with Gasteiger partial charge in [0.2, 0.25) is 0 Å². The Kier molecular flexibility index (Phi) is 7.44. The predicted molar refractivity (Wildman–Crippen MR) is 143 cm³/mol. The second-order valence-corrected chi connectivity index (χ2v) is 10.2. The third kappa shape index (κ3) is 5.44. The molecule has 0 N–H and O–H groups in total. The first-order chi connectivity index (χ1) is 15.9. The Bertz CT molecular complexity index is 1280. The summed E-state index contributed by atoms with van der Waals surface area (Å²) in [6.45, 7) is 2.48. The van der Waals surface area contributed by atoms with Crippen LogP contribution in [-0.2, 0) is 11.4 Å². The van der Waals surface area contributed by atoms with Gasteiger partial charge in [0.15, 0.2) is 15.8 Å². The van der Waals surface area contributed by atoms with Gasteiger partial charge in [0, 0.05) is 4.47 Å². The minimum Gasteiger partial charge on any atom is -0.493 e. The van der Waals surface area contributed by atoms with Crippen molar-refractivity contribution >= 4 is 73.5 Å². The molecule has 4 nitrogen and oxygen atoms in total. The summed E-state index contributed by atoms with van der Waals surface area (Å²) in [5.74, 6) is 1.03. The summed E-state index contributed by atoms with van der Waals surface area (Å²) in [5.41, 5.74) is 3.70. The normalized spacial score (nSPS) is 14.8. The molecule has 0 atom stereocenters. The molecule has 1 aliphatic heterocycles. The van der Waals surface area contributed by atoms with E-state index in [4.69, 9.17) is 33.3 Å². The Hall–Kier alpha value is -2.32. The maximum atomic E-state index is 13.1. The van der Waals surface area contributed by atoms with Crippen molar-refractivity contribution in [3.05, 3.63) is 91.8 Å². The van der Waals surface area contributed by atoms with E-state index in [-0.39, 0.29) is 5.91 Å². The van der Waals surface area contributed by atoms with Crippen LogP contribution < -0.4 is 14.4 Å². The van der Waals surface area contributed by atoms with Crippen molar-refractivity contribution < 1.29 is 14.3 Å². The number of methoxy groups -OCH3 is 1. The van der Waals surface area contributed by atoms with E-state index in [2.05, 4.69) is 22.0 Å². The third-order valence-electron chi connectivity index (χ3n) is 4.92. The molecule has 1 heterocycles. The molecule has 4 rings (SSSR count). The Balaban J connectivity index is 1.54. The number of carbonyl (C=O) groups excluding carboxylic acids is 1. The number of carbonyl (C=O) groups is 1. The molecule has 0 aliphatic carbocycles. The molecular formula is C25H19BrClNO3S2. The van der Waals surface area contributed by atoms with Crippen LogP contribution in [0.5, 0.6) is 11.5 Å². The van der Waals surface area contributed by atoms with Gasteiger partial charge in [-0.2, -0.15) is 0 Å². The van der Waals surface area contributed by atoms with Crippen LogP contribution in [0.15, 0.2) is 70.0 Å². The Morgan fingerprint density at radius 3 is 2.67 bits per heavy atom. The lowest BCUT2D eigenvalue weighted by Gasteiger charge is -2.15. The van der Waals surface area contributed by atoms with E-state index in [1.165, 1.54) is 22.2 Å². The molecule has 1 amide bonds. The average Bonchev–Trinajstić information content (AvgIpc) is 3.07. The van der Waals surface area contributed by atoms with Gasteiger partial charge < -0.3 is 9.47 Å². The summed E-state index contributed by atoms with van der Waals surface area (Å²) in [6.07, 6.45) is 1.80. The van der Waals surface area contributed by atoms with E-state index in [1.807, 2.05) is 43.3 Å². The van der Waals surface area contributed by atoms with Gasteiger partial charge in [-0.1, -0.05) is 71.5 Å². The summed E-state index contributed by atoms with van der Waals surface area (Å²) < 4.78 is 12.7. The molecule has 0 unspecified atom stereocenters. The second kappa shape index (κ2) is 10.3. The first-order valence-electron chi connectivity index (χ1n) is 9.95. The molecule has 0 saturated carbocycles. The van der Waals surface area contributed by atoms with Crippen molar-refractivity contribution in [2.45, 2.75) is 13.5 Å². The zero-order chi connectivity index (χ0) is 23.5. The minimum absolute atomic E-state index is 0.192. The fourth-order valence-corrected chi connectivity index (χ4v) is 5.04. The van der Waals surface area contributed by atoms with Gasteiger partial charge in [0.25, 0.3) is 5.91 Å². The molecule has 168 valence electrons. The smallest absolute Gasteiger partial charge is 0.270 e. The number of thiocarbonyl (C=S) groups is 1. The topological polar surface area (TPSA) is 38.8 Å². The molecule has 1 fully saturated rings. The van der Waals surface area contributed by atoms with Crippen LogP contribution in [0.3, 0.4) is 0 Å². The molecule has 3 aromatic rings. The summed E-state index contributed by atoms with van der Waals surface area (Å²) >= 11 is 16.3. The number of hydrogen-bond acceptors (Lipinski definition) is 5. The highest BCUT2D eigenvalue weighted by atomic mass is 79.9. The van der Waals surface area contributed by atoms with E-state index in [9.17, 15) is 4.79 Å². The predicted octanol–water partition coefficient (Wildman–Crippen LogP) is 7.40. The summed E-state index contributed by atoms with van der Waals surface area (Å²) in [5, 5.41) is 0.511. The van der Waals surface area contributed by atoms with Crippen LogP contribution in [0, 0.1) is 6.92 Å². The lowest BCUT2D eigenvalue weighted by molar-refractivity contribution is -0.113. The standard InChI is InChI=1S/C25H19BrClNO3S2/c1-15-4-3-5-17(10-15)14-31-21-9-6-16(11-22(21)30-2)12-23-24(29)28(25(32)33-23)18-7-8-19(26)20(27)13-18/h3-13H,14H2,1-2H3/b23-12+. The maximum absolute atomic E-state index is 13.1. The van der Waals surface area contributed by atoms with E-state index in [0.717, 1.165) is 15.6 Å². The average molecular weight is 561 g/mol. The van der Waals surface area contributed by atoms with E-state index >= 15 is 0 Å². The Morgan fingerprint density at radius 2 is 1.94 bits per heavy atom. The highest BCUT2D eigenvalue weighted by Gasteiger charge is 2.33. The number of ether oxygens (including phenoxy) is 2. The van der Waals surface area contributed by atoms with E-state index < -0.39 is 0 Å². The maximum Gasteiger partial charge on any atom is 0.270 e. The fourth-order valence-electron chi connectivity index (χ4n) is 3.32. The molecule has 1 saturated heterocycles. The number of halogens is 2. The molecular weight excluding hydrogens is 542 g/mol. The van der Waals surface area contributed by atoms with Gasteiger partial charge >= 0.3 is 0 Å². The van der Waals surface area contributed by atoms with Crippen LogP contribution in [-0.4, -0.2) is 17.3 Å². The molecule has 3 aromatic carbocycles. The van der Waals surface area contributed by atoms with Crippen LogP contribution in [0.4, 0.5) is 5.69 Å². The zero-order valence-corrected chi connectivity index (χ0v) is 21.8. The number of benzene rings is 3. The molecule has 1 aliphatic rings. The second-order valence-electron chi connectivity index (χ2n) is 7.30. The van der Waals surface area contributed by atoms with Crippen molar-refractivity contribution in [3.8, 4) is 11.5 Å². The highest BCUT2D eigenvalue weighted by Crippen LogP contribution is 2.39. The lowest BCUT2D eigenvalue weighted by Crippen LogP contribution is -2.27. The van der Waals surface area contributed by atoms with Gasteiger partial charge in [-0.05, 0) is 70.4 Å². The van der Waals surface area contributed by atoms with Crippen LogP contribution in [0.2, 0.25) is 5.02 Å². The number of hydrogen-bond donors (Lipinski definition) is 0. The number of amides is 1. The van der Waals surface area contributed by atoms with E-state index in [0.29, 0.717) is 38.0 Å². The first-order valence-corrected chi connectivity index (χ1v) is 12.3. The fraction of sp³-hybridized carbons (Fsp3) is 0.120. The monoisotopic (exact) mass is 559 g/mol. The van der Waals surface area contributed by atoms with Gasteiger partial charge in [0.05, 0.1) is 22.7 Å². The largest absolute Gasteiger partial charge is 0.493 e. The summed E-state index contributed by atoms with van der Waals surface area (Å²) in [7, 11) is 1.59. The Labute approximate surface area is 215 Å². The molecule has 0 radical (unpaired) electrons. The van der Waals surface area contributed by atoms with Crippen LogP contribution in [0.25, 0.3) is 6.08 Å². The number of rotatable bonds is 6.